The summed E-state index contributed by atoms with van der Waals surface area (Å²) in [5, 5.41) is 0. The molecular weight excluding hydrogens is 326 g/mol. The highest BCUT2D eigenvalue weighted by Crippen LogP contribution is 2.42. The largest absolute Gasteiger partial charge is 0.497 e. The van der Waals surface area contributed by atoms with Crippen molar-refractivity contribution in [2.24, 2.45) is 0 Å². The molecule has 5 atom stereocenters. The van der Waals surface area contributed by atoms with Crippen LogP contribution in [-0.4, -0.2) is 63.0 Å². The van der Waals surface area contributed by atoms with Crippen LogP contribution in [0.3, 0.4) is 0 Å². The van der Waals surface area contributed by atoms with Crippen LogP contribution in [0.2, 0.25) is 0 Å². The Morgan fingerprint density at radius 1 is 1.12 bits per heavy atom. The zero-order valence-electron chi connectivity index (χ0n) is 14.8. The van der Waals surface area contributed by atoms with Crippen molar-refractivity contribution in [1.82, 2.24) is 0 Å². The molecule has 0 bridgehead atoms. The Morgan fingerprint density at radius 3 is 2.48 bits per heavy atom. The summed E-state index contributed by atoms with van der Waals surface area (Å²) in [6, 6.07) is 7.13. The van der Waals surface area contributed by atoms with Crippen molar-refractivity contribution in [3.8, 4) is 5.75 Å². The van der Waals surface area contributed by atoms with Gasteiger partial charge in [-0.2, -0.15) is 0 Å². The van der Waals surface area contributed by atoms with Crippen LogP contribution >= 0.6 is 0 Å². The van der Waals surface area contributed by atoms with Crippen molar-refractivity contribution in [3.05, 3.63) is 24.3 Å². The second-order valence-corrected chi connectivity index (χ2v) is 6.99. The summed E-state index contributed by atoms with van der Waals surface area (Å²) < 4.78 is 28.5. The van der Waals surface area contributed by atoms with Gasteiger partial charge in [0.2, 0.25) is 0 Å². The number of ether oxygens (including phenoxy) is 5. The van der Waals surface area contributed by atoms with Crippen LogP contribution in [0.1, 0.15) is 13.8 Å². The number of carbonyl (C=O) groups is 1. The van der Waals surface area contributed by atoms with Gasteiger partial charge in [0.25, 0.3) is 5.91 Å². The van der Waals surface area contributed by atoms with Crippen molar-refractivity contribution in [3.63, 3.8) is 0 Å². The first-order valence-corrected chi connectivity index (χ1v) is 8.42. The van der Waals surface area contributed by atoms with E-state index in [1.165, 1.54) is 0 Å². The Balaban J connectivity index is 1.60. The lowest BCUT2D eigenvalue weighted by molar-refractivity contribution is -0.184. The zero-order chi connectivity index (χ0) is 17.8. The van der Waals surface area contributed by atoms with Crippen molar-refractivity contribution in [2.45, 2.75) is 50.1 Å². The van der Waals surface area contributed by atoms with Crippen LogP contribution in [0.4, 0.5) is 5.69 Å². The van der Waals surface area contributed by atoms with Gasteiger partial charge in [-0.15, -0.1) is 0 Å². The molecule has 0 unspecified atom stereocenters. The van der Waals surface area contributed by atoms with Crippen LogP contribution in [0.5, 0.6) is 5.75 Å². The topological polar surface area (TPSA) is 66.5 Å². The Hall–Kier alpha value is -1.67. The summed E-state index contributed by atoms with van der Waals surface area (Å²) in [7, 11) is 3.16. The van der Waals surface area contributed by atoms with E-state index in [1.54, 1.807) is 19.1 Å². The van der Waals surface area contributed by atoms with Gasteiger partial charge >= 0.3 is 0 Å². The molecule has 3 heterocycles. The summed E-state index contributed by atoms with van der Waals surface area (Å²) in [6.07, 6.45) is -1.17. The first-order chi connectivity index (χ1) is 11.9. The van der Waals surface area contributed by atoms with E-state index in [1.807, 2.05) is 38.1 Å². The molecule has 136 valence electrons. The number of amides is 1. The summed E-state index contributed by atoms with van der Waals surface area (Å²) in [5.74, 6) is 0.0180. The molecule has 0 radical (unpaired) electrons. The third kappa shape index (κ3) is 2.62. The Morgan fingerprint density at radius 2 is 1.84 bits per heavy atom. The van der Waals surface area contributed by atoms with Gasteiger partial charge in [-0.1, -0.05) is 0 Å². The monoisotopic (exact) mass is 349 g/mol. The van der Waals surface area contributed by atoms with Crippen LogP contribution < -0.4 is 9.64 Å². The van der Waals surface area contributed by atoms with Crippen LogP contribution in [0.15, 0.2) is 24.3 Å². The number of anilines is 1. The molecule has 1 aromatic rings. The maximum Gasteiger partial charge on any atom is 0.258 e. The Labute approximate surface area is 146 Å². The predicted molar refractivity (Wildman–Crippen MR) is 88.6 cm³/mol. The van der Waals surface area contributed by atoms with Crippen molar-refractivity contribution in [1.29, 1.82) is 0 Å². The second-order valence-electron chi connectivity index (χ2n) is 6.99. The molecule has 25 heavy (non-hydrogen) atoms. The molecule has 4 rings (SSSR count). The number of fused-ring (bicyclic) bond motifs is 1. The quantitative estimate of drug-likeness (QED) is 0.765. The third-order valence-corrected chi connectivity index (χ3v) is 5.03. The van der Waals surface area contributed by atoms with E-state index in [4.69, 9.17) is 23.7 Å². The zero-order valence-corrected chi connectivity index (χ0v) is 14.8. The molecule has 3 aliphatic heterocycles. The van der Waals surface area contributed by atoms with Gasteiger partial charge in [0.15, 0.2) is 11.9 Å². The second kappa shape index (κ2) is 5.95. The summed E-state index contributed by atoms with van der Waals surface area (Å²) in [4.78, 5) is 14.3. The molecule has 7 heteroatoms. The smallest absolute Gasteiger partial charge is 0.258 e. The van der Waals surface area contributed by atoms with Gasteiger partial charge in [0, 0.05) is 12.8 Å². The number of hydrogen-bond acceptors (Lipinski definition) is 6. The predicted octanol–water partition coefficient (Wildman–Crippen LogP) is 1.34. The number of rotatable bonds is 4. The van der Waals surface area contributed by atoms with Crippen LogP contribution in [0.25, 0.3) is 0 Å². The first-order valence-electron chi connectivity index (χ1n) is 8.42. The summed E-state index contributed by atoms with van der Waals surface area (Å²) in [6.45, 7) is 4.24. The van der Waals surface area contributed by atoms with Crippen LogP contribution in [-0.2, 0) is 23.7 Å². The Kier molecular flexibility index (Phi) is 3.99. The van der Waals surface area contributed by atoms with Gasteiger partial charge in [-0.3, -0.25) is 4.79 Å². The van der Waals surface area contributed by atoms with Gasteiger partial charge in [-0.25, -0.2) is 0 Å². The van der Waals surface area contributed by atoms with E-state index in [0.29, 0.717) is 6.61 Å². The molecule has 3 aliphatic rings. The number of nitrogens with zero attached hydrogens (tertiary/aromatic N) is 1. The van der Waals surface area contributed by atoms with E-state index < -0.39 is 11.9 Å². The number of methoxy groups -OCH3 is 2. The standard InChI is InChI=1S/C18H23NO6/c1-18(2)24-12-9-23-15(14(12)25-18)13-16(22-4)17(20)19(13)10-5-7-11(21-3)8-6-10/h5-8,12-16H,9H2,1-4H3/t12-,13-,14-,15-,16+/m1/s1. The summed E-state index contributed by atoms with van der Waals surface area (Å²) >= 11 is 0. The number of carbonyl (C=O) groups excluding carboxylic acids is 1. The summed E-state index contributed by atoms with van der Waals surface area (Å²) in [5.41, 5.74) is 0.786. The highest BCUT2D eigenvalue weighted by molar-refractivity contribution is 6.05. The fraction of sp³-hybridized carbons (Fsp3) is 0.611. The van der Waals surface area contributed by atoms with Crippen molar-refractivity contribution < 1.29 is 28.5 Å². The highest BCUT2D eigenvalue weighted by atomic mass is 16.8. The van der Waals surface area contributed by atoms with Gasteiger partial charge in [0.05, 0.1) is 13.7 Å². The number of benzene rings is 1. The van der Waals surface area contributed by atoms with E-state index in [-0.39, 0.29) is 30.3 Å². The minimum absolute atomic E-state index is 0.0807. The maximum absolute atomic E-state index is 12.6. The van der Waals surface area contributed by atoms with E-state index in [2.05, 4.69) is 0 Å². The molecular formula is C18H23NO6. The van der Waals surface area contributed by atoms with Crippen LogP contribution in [0, 0.1) is 0 Å². The van der Waals surface area contributed by atoms with Gasteiger partial charge in [-0.05, 0) is 38.1 Å². The SMILES string of the molecule is COc1ccc(N2C(=O)[C@@H](OC)[C@H]2[C@H]2OC[C@H]3OC(C)(C)O[C@@H]23)cc1. The molecule has 0 aliphatic carbocycles. The number of β-lactam (4-membered cyclic amide) rings is 1. The van der Waals surface area contributed by atoms with Crippen molar-refractivity contribution >= 4 is 11.6 Å². The fourth-order valence-electron chi connectivity index (χ4n) is 3.95. The lowest BCUT2D eigenvalue weighted by Gasteiger charge is -2.49. The minimum atomic E-state index is -0.640. The van der Waals surface area contributed by atoms with E-state index >= 15 is 0 Å². The Bertz CT molecular complexity index is 660. The molecule has 0 aromatic heterocycles. The molecule has 3 fully saturated rings. The number of hydrogen-bond donors (Lipinski definition) is 0. The van der Waals surface area contributed by atoms with Crippen molar-refractivity contribution in [2.75, 3.05) is 25.7 Å². The minimum Gasteiger partial charge on any atom is -0.497 e. The fourth-order valence-corrected chi connectivity index (χ4v) is 3.95. The lowest BCUT2D eigenvalue weighted by Crippen LogP contribution is -2.71. The normalized spacial score (nSPS) is 36.2. The molecule has 3 saturated heterocycles. The highest BCUT2D eigenvalue weighted by Gasteiger charge is 2.61. The average molecular weight is 349 g/mol. The molecule has 1 aromatic carbocycles. The lowest BCUT2D eigenvalue weighted by atomic mass is 9.88. The molecule has 0 saturated carbocycles. The van der Waals surface area contributed by atoms with Gasteiger partial charge < -0.3 is 28.6 Å². The third-order valence-electron chi connectivity index (χ3n) is 5.03. The molecule has 0 N–H and O–H groups in total. The van der Waals surface area contributed by atoms with E-state index in [9.17, 15) is 4.79 Å². The molecule has 1 amide bonds. The van der Waals surface area contributed by atoms with Gasteiger partial charge in [0.1, 0.15) is 30.1 Å². The molecule has 7 nitrogen and oxygen atoms in total. The maximum atomic E-state index is 12.6. The first kappa shape index (κ1) is 16.8. The average Bonchev–Trinajstić information content (AvgIpc) is 3.08. The molecule has 0 spiro atoms. The van der Waals surface area contributed by atoms with E-state index in [0.717, 1.165) is 11.4 Å².